The maximum atomic E-state index is 12.7. The second-order valence-electron chi connectivity index (χ2n) is 16.0. The van der Waals surface area contributed by atoms with Crippen molar-refractivity contribution in [3.8, 4) is 40.5 Å². The lowest BCUT2D eigenvalue weighted by atomic mass is 9.98. The Hall–Kier alpha value is -7.15. The van der Waals surface area contributed by atoms with Crippen molar-refractivity contribution in [1.29, 1.82) is 0 Å². The van der Waals surface area contributed by atoms with Crippen LogP contribution in [0.25, 0.3) is 0 Å². The minimum absolute atomic E-state index is 0.297. The molecule has 3 aromatic carbocycles. The number of amides is 2. The van der Waals surface area contributed by atoms with E-state index in [-0.39, 0.29) is 6.09 Å². The third kappa shape index (κ3) is 13.9. The number of ether oxygens (including phenoxy) is 5. The average molecular weight is 866 g/mol. The number of carbonyl (C=O) groups is 2. The SMILES string of the molecule is Cc1ccc(Oc2ccc(OCC3CCN(C(=O)O)CC3)cc2)nc1.Cc1cccnc1CCc1ccc(OC(=O)N2CCC(COc3ccc(Oc4ccccn4)cc3)CC2)cc1. The van der Waals surface area contributed by atoms with E-state index in [1.54, 1.807) is 17.3 Å². The van der Waals surface area contributed by atoms with Crippen LogP contribution in [0.2, 0.25) is 0 Å². The van der Waals surface area contributed by atoms with Gasteiger partial charge in [-0.3, -0.25) is 4.98 Å². The Balaban J connectivity index is 0.000000211. The molecule has 2 fully saturated rings. The molecule has 2 aliphatic heterocycles. The van der Waals surface area contributed by atoms with Gasteiger partial charge >= 0.3 is 12.2 Å². The lowest BCUT2D eigenvalue weighted by Crippen LogP contribution is -2.41. The van der Waals surface area contributed by atoms with Crippen LogP contribution in [0.5, 0.6) is 40.5 Å². The standard InChI is InChI=1S/C32H33N3O4.C19H22N2O4/c1-24-5-4-20-33-30(24)16-9-25-7-10-29(11-8-25)39-32(36)35-21-17-26(18-22-35)23-37-27-12-14-28(15-13-27)38-31-6-2-3-19-34-31;1-14-2-7-18(20-12-14)25-17-5-3-16(4-6-17)24-13-15-8-10-21(11-9-15)19(22)23/h2-8,10-15,19-20,26H,9,16-18,21-23H2,1H3;2-7,12,15H,8-11,13H2,1H3,(H,22,23). The van der Waals surface area contributed by atoms with E-state index >= 15 is 0 Å². The number of hydrogen-bond donors (Lipinski definition) is 1. The van der Waals surface area contributed by atoms with Crippen LogP contribution in [0, 0.1) is 25.7 Å². The third-order valence-electron chi connectivity index (χ3n) is 11.2. The molecule has 2 saturated heterocycles. The zero-order valence-electron chi connectivity index (χ0n) is 36.4. The molecule has 64 heavy (non-hydrogen) atoms. The number of benzene rings is 3. The van der Waals surface area contributed by atoms with Gasteiger partial charge < -0.3 is 38.6 Å². The number of aromatic nitrogens is 3. The first-order chi connectivity index (χ1) is 31.2. The largest absolute Gasteiger partial charge is 0.493 e. The van der Waals surface area contributed by atoms with E-state index in [1.807, 2.05) is 122 Å². The highest BCUT2D eigenvalue weighted by atomic mass is 16.6. The minimum atomic E-state index is -0.835. The van der Waals surface area contributed by atoms with Crippen LogP contribution in [0.4, 0.5) is 9.59 Å². The number of hydrogen-bond acceptors (Lipinski definition) is 10. The van der Waals surface area contributed by atoms with Crippen molar-refractivity contribution in [3.63, 3.8) is 0 Å². The van der Waals surface area contributed by atoms with Gasteiger partial charge in [0.25, 0.3) is 0 Å². The number of carboxylic acid groups (broad SMARTS) is 1. The quantitative estimate of drug-likeness (QED) is 0.112. The molecule has 6 aromatic rings. The molecule has 0 unspecified atom stereocenters. The number of likely N-dealkylation sites (tertiary alicyclic amines) is 2. The predicted molar refractivity (Wildman–Crippen MR) is 243 cm³/mol. The molecule has 8 rings (SSSR count). The van der Waals surface area contributed by atoms with E-state index in [4.69, 9.17) is 28.8 Å². The lowest BCUT2D eigenvalue weighted by Gasteiger charge is -2.31. The number of rotatable bonds is 14. The summed E-state index contributed by atoms with van der Waals surface area (Å²) in [4.78, 5) is 39.7. The van der Waals surface area contributed by atoms with Gasteiger partial charge in [0, 0.05) is 62.6 Å². The highest BCUT2D eigenvalue weighted by Crippen LogP contribution is 2.27. The van der Waals surface area contributed by atoms with Crippen LogP contribution in [0.15, 0.2) is 134 Å². The minimum Gasteiger partial charge on any atom is -0.493 e. The molecular weight excluding hydrogens is 811 g/mol. The van der Waals surface area contributed by atoms with Crippen molar-refractivity contribution in [2.75, 3.05) is 39.4 Å². The molecule has 0 spiro atoms. The van der Waals surface area contributed by atoms with Crippen LogP contribution < -0.4 is 23.7 Å². The molecule has 0 saturated carbocycles. The Labute approximate surface area is 374 Å². The zero-order valence-corrected chi connectivity index (χ0v) is 36.4. The molecule has 332 valence electrons. The molecule has 13 heteroatoms. The van der Waals surface area contributed by atoms with Crippen LogP contribution in [0.1, 0.15) is 48.1 Å². The fourth-order valence-electron chi connectivity index (χ4n) is 7.31. The highest BCUT2D eigenvalue weighted by molar-refractivity contribution is 5.70. The maximum absolute atomic E-state index is 12.7. The average Bonchev–Trinajstić information content (AvgIpc) is 3.33. The van der Waals surface area contributed by atoms with Gasteiger partial charge in [0.15, 0.2) is 0 Å². The summed E-state index contributed by atoms with van der Waals surface area (Å²) in [6.07, 6.45) is 9.38. The second-order valence-corrected chi connectivity index (χ2v) is 16.0. The number of piperidine rings is 2. The number of nitrogens with zero attached hydrogens (tertiary/aromatic N) is 5. The van der Waals surface area contributed by atoms with Gasteiger partial charge in [0.2, 0.25) is 11.8 Å². The molecule has 2 aliphatic rings. The Bertz CT molecular complexity index is 2350. The van der Waals surface area contributed by atoms with Gasteiger partial charge in [0.05, 0.1) is 13.2 Å². The van der Waals surface area contributed by atoms with E-state index < -0.39 is 6.09 Å². The number of aryl methyl sites for hydroxylation is 4. The first-order valence-electron chi connectivity index (χ1n) is 21.8. The zero-order chi connectivity index (χ0) is 44.5. The van der Waals surface area contributed by atoms with Gasteiger partial charge in [-0.2, -0.15) is 0 Å². The fourth-order valence-corrected chi connectivity index (χ4v) is 7.31. The van der Waals surface area contributed by atoms with Gasteiger partial charge in [0.1, 0.15) is 28.7 Å². The van der Waals surface area contributed by atoms with Crippen LogP contribution >= 0.6 is 0 Å². The van der Waals surface area contributed by atoms with Crippen molar-refractivity contribution in [2.24, 2.45) is 11.8 Å². The monoisotopic (exact) mass is 865 g/mol. The summed E-state index contributed by atoms with van der Waals surface area (Å²) in [5, 5.41) is 8.96. The van der Waals surface area contributed by atoms with Crippen molar-refractivity contribution in [2.45, 2.75) is 52.4 Å². The second kappa shape index (κ2) is 22.8. The van der Waals surface area contributed by atoms with E-state index in [1.165, 1.54) is 16.0 Å². The summed E-state index contributed by atoms with van der Waals surface area (Å²) in [6, 6.07) is 36.1. The van der Waals surface area contributed by atoms with Gasteiger partial charge in [-0.25, -0.2) is 19.6 Å². The predicted octanol–water partition coefficient (Wildman–Crippen LogP) is 10.6. The molecule has 5 heterocycles. The molecule has 1 N–H and O–H groups in total. The Morgan fingerprint density at radius 2 is 1.12 bits per heavy atom. The summed E-state index contributed by atoms with van der Waals surface area (Å²) < 4.78 is 28.9. The third-order valence-corrected chi connectivity index (χ3v) is 11.2. The normalized spacial score (nSPS) is 14.2. The Morgan fingerprint density at radius 3 is 1.66 bits per heavy atom. The van der Waals surface area contributed by atoms with E-state index in [9.17, 15) is 9.59 Å². The maximum Gasteiger partial charge on any atom is 0.415 e. The van der Waals surface area contributed by atoms with Gasteiger partial charge in [-0.1, -0.05) is 30.3 Å². The van der Waals surface area contributed by atoms with E-state index in [0.29, 0.717) is 80.2 Å². The molecule has 2 amide bonds. The van der Waals surface area contributed by atoms with Crippen LogP contribution in [0.3, 0.4) is 0 Å². The summed E-state index contributed by atoms with van der Waals surface area (Å²) in [5.74, 6) is 5.46. The van der Waals surface area contributed by atoms with Gasteiger partial charge in [-0.15, -0.1) is 0 Å². The first kappa shape index (κ1) is 44.9. The molecule has 0 aliphatic carbocycles. The van der Waals surface area contributed by atoms with E-state index in [2.05, 4.69) is 27.9 Å². The van der Waals surface area contributed by atoms with Gasteiger partial charge in [-0.05, 0) is 154 Å². The summed E-state index contributed by atoms with van der Waals surface area (Å²) in [7, 11) is 0. The summed E-state index contributed by atoms with van der Waals surface area (Å²) >= 11 is 0. The molecular formula is C51H55N5O8. The highest BCUT2D eigenvalue weighted by Gasteiger charge is 2.25. The lowest BCUT2D eigenvalue weighted by molar-refractivity contribution is 0.111. The Kier molecular flexibility index (Phi) is 16.0. The van der Waals surface area contributed by atoms with Crippen molar-refractivity contribution >= 4 is 12.2 Å². The molecule has 13 nitrogen and oxygen atoms in total. The molecule has 0 bridgehead atoms. The Morgan fingerprint density at radius 1 is 0.578 bits per heavy atom. The van der Waals surface area contributed by atoms with Crippen LogP contribution in [-0.4, -0.2) is 81.4 Å². The first-order valence-corrected chi connectivity index (χ1v) is 21.8. The topological polar surface area (TPSA) is 146 Å². The number of pyridine rings is 3. The van der Waals surface area contributed by atoms with Crippen molar-refractivity contribution in [1.82, 2.24) is 24.8 Å². The van der Waals surface area contributed by atoms with Crippen molar-refractivity contribution in [3.05, 3.63) is 156 Å². The smallest absolute Gasteiger partial charge is 0.415 e. The fraction of sp³-hybridized carbons (Fsp3) is 0.314. The molecule has 0 radical (unpaired) electrons. The van der Waals surface area contributed by atoms with Crippen LogP contribution in [-0.2, 0) is 12.8 Å². The molecule has 0 atom stereocenters. The summed E-state index contributed by atoms with van der Waals surface area (Å²) in [5.41, 5.74) is 4.60. The molecule has 3 aromatic heterocycles. The summed E-state index contributed by atoms with van der Waals surface area (Å²) in [6.45, 7) is 7.76. The number of carbonyl (C=O) groups excluding carboxylic acids is 1. The van der Waals surface area contributed by atoms with Crippen molar-refractivity contribution < 1.29 is 38.4 Å². The van der Waals surface area contributed by atoms with E-state index in [0.717, 1.165) is 61.3 Å².